The molecule has 0 aliphatic carbocycles. The van der Waals surface area contributed by atoms with Gasteiger partial charge in [0.1, 0.15) is 11.0 Å². The minimum Gasteiger partial charge on any atom is -0.389 e. The molecule has 0 aliphatic heterocycles. The highest BCUT2D eigenvalue weighted by molar-refractivity contribution is 6.30. The molecule has 0 aliphatic rings. The van der Waals surface area contributed by atoms with Crippen LogP contribution in [-0.4, -0.2) is 41.3 Å². The smallest absolute Gasteiger partial charge is 0.137 e. The molecular formula is C15H19ClFN3O2. The van der Waals surface area contributed by atoms with Crippen LogP contribution in [0.25, 0.3) is 5.69 Å². The lowest BCUT2D eigenvalue weighted by Crippen LogP contribution is -2.29. The summed E-state index contributed by atoms with van der Waals surface area (Å²) in [5.74, 6) is -0.308. The Kier molecular flexibility index (Phi) is 5.90. The van der Waals surface area contributed by atoms with Gasteiger partial charge in [0, 0.05) is 25.8 Å². The number of aliphatic hydroxyl groups excluding tert-OH is 1. The van der Waals surface area contributed by atoms with E-state index < -0.39 is 6.10 Å². The number of benzene rings is 1. The number of halogens is 2. The topological polar surface area (TPSA) is 59.3 Å². The predicted octanol–water partition coefficient (Wildman–Crippen LogP) is 2.07. The number of hydrogen-bond donors (Lipinski definition) is 2. The molecule has 1 atom stereocenters. The molecule has 0 spiro atoms. The number of nitrogens with one attached hydrogen (secondary N) is 1. The first-order valence-electron chi connectivity index (χ1n) is 6.90. The van der Waals surface area contributed by atoms with E-state index in [9.17, 15) is 9.50 Å². The molecule has 1 unspecified atom stereocenters. The minimum atomic E-state index is -0.573. The summed E-state index contributed by atoms with van der Waals surface area (Å²) in [6, 6.07) is 5.96. The van der Waals surface area contributed by atoms with Gasteiger partial charge in [0.2, 0.25) is 0 Å². The van der Waals surface area contributed by atoms with Gasteiger partial charge in [-0.25, -0.2) is 9.07 Å². The van der Waals surface area contributed by atoms with Crippen LogP contribution in [-0.2, 0) is 11.3 Å². The zero-order valence-corrected chi connectivity index (χ0v) is 13.3. The van der Waals surface area contributed by atoms with Crippen molar-refractivity contribution < 1.29 is 14.2 Å². The summed E-state index contributed by atoms with van der Waals surface area (Å²) in [5, 5.41) is 17.6. The van der Waals surface area contributed by atoms with Crippen molar-refractivity contribution in [3.8, 4) is 5.69 Å². The highest BCUT2D eigenvalue weighted by Gasteiger charge is 2.15. The van der Waals surface area contributed by atoms with Gasteiger partial charge in [-0.15, -0.1) is 0 Å². The third kappa shape index (κ3) is 4.04. The first-order chi connectivity index (χ1) is 10.5. The van der Waals surface area contributed by atoms with Gasteiger partial charge in [-0.3, -0.25) is 0 Å². The van der Waals surface area contributed by atoms with Crippen LogP contribution in [0.3, 0.4) is 0 Å². The van der Waals surface area contributed by atoms with Crippen molar-refractivity contribution in [3.05, 3.63) is 46.5 Å². The predicted molar refractivity (Wildman–Crippen MR) is 82.9 cm³/mol. The Balaban J connectivity index is 2.09. The van der Waals surface area contributed by atoms with E-state index in [1.807, 2.05) is 6.92 Å². The van der Waals surface area contributed by atoms with Gasteiger partial charge >= 0.3 is 0 Å². The van der Waals surface area contributed by atoms with E-state index in [1.54, 1.807) is 16.8 Å². The number of hydrogen-bond acceptors (Lipinski definition) is 4. The van der Waals surface area contributed by atoms with E-state index in [-0.39, 0.29) is 12.4 Å². The summed E-state index contributed by atoms with van der Waals surface area (Å²) in [4.78, 5) is 0. The Labute approximate surface area is 133 Å². The Hall–Kier alpha value is -1.47. The van der Waals surface area contributed by atoms with Crippen molar-refractivity contribution in [1.82, 2.24) is 15.1 Å². The molecule has 0 saturated carbocycles. The monoisotopic (exact) mass is 327 g/mol. The van der Waals surface area contributed by atoms with E-state index in [1.165, 1.54) is 19.2 Å². The van der Waals surface area contributed by atoms with Crippen molar-refractivity contribution >= 4 is 11.6 Å². The van der Waals surface area contributed by atoms with Gasteiger partial charge in [0.05, 0.1) is 24.1 Å². The Morgan fingerprint density at radius 1 is 1.41 bits per heavy atom. The summed E-state index contributed by atoms with van der Waals surface area (Å²) < 4.78 is 19.4. The Morgan fingerprint density at radius 2 is 2.09 bits per heavy atom. The molecule has 2 aromatic rings. The van der Waals surface area contributed by atoms with Crippen LogP contribution in [0, 0.1) is 12.7 Å². The quantitative estimate of drug-likeness (QED) is 0.817. The average Bonchev–Trinajstić information content (AvgIpc) is 2.76. The first kappa shape index (κ1) is 16.9. The zero-order valence-electron chi connectivity index (χ0n) is 12.5. The largest absolute Gasteiger partial charge is 0.389 e. The van der Waals surface area contributed by atoms with Gasteiger partial charge in [0.25, 0.3) is 0 Å². The van der Waals surface area contributed by atoms with Crippen LogP contribution in [0.15, 0.2) is 24.3 Å². The molecular weight excluding hydrogens is 309 g/mol. The third-order valence-electron chi connectivity index (χ3n) is 3.23. The van der Waals surface area contributed by atoms with Crippen LogP contribution in [0.4, 0.5) is 4.39 Å². The Morgan fingerprint density at radius 3 is 2.73 bits per heavy atom. The molecule has 0 bridgehead atoms. The third-order valence-corrected chi connectivity index (χ3v) is 3.62. The number of rotatable bonds is 7. The minimum absolute atomic E-state index is 0.272. The first-order valence-corrected chi connectivity index (χ1v) is 7.28. The summed E-state index contributed by atoms with van der Waals surface area (Å²) in [6.45, 7) is 3.00. The van der Waals surface area contributed by atoms with Crippen LogP contribution in [0.1, 0.15) is 11.3 Å². The number of aromatic nitrogens is 2. The highest BCUT2D eigenvalue weighted by atomic mass is 35.5. The molecule has 22 heavy (non-hydrogen) atoms. The fraction of sp³-hybridized carbons (Fsp3) is 0.400. The number of ether oxygens (including phenoxy) is 1. The lowest BCUT2D eigenvalue weighted by molar-refractivity contribution is 0.0644. The molecule has 1 aromatic carbocycles. The molecule has 1 aromatic heterocycles. The molecule has 0 amide bonds. The average molecular weight is 328 g/mol. The van der Waals surface area contributed by atoms with Gasteiger partial charge in [-0.1, -0.05) is 11.6 Å². The number of methoxy groups -OCH3 is 1. The van der Waals surface area contributed by atoms with Gasteiger partial charge in [0.15, 0.2) is 0 Å². The van der Waals surface area contributed by atoms with E-state index in [2.05, 4.69) is 10.4 Å². The maximum atomic E-state index is 13.0. The van der Waals surface area contributed by atoms with Gasteiger partial charge < -0.3 is 15.2 Å². The summed E-state index contributed by atoms with van der Waals surface area (Å²) in [7, 11) is 1.54. The lowest BCUT2D eigenvalue weighted by Gasteiger charge is -2.10. The second-order valence-electron chi connectivity index (χ2n) is 4.98. The van der Waals surface area contributed by atoms with E-state index in [4.69, 9.17) is 16.3 Å². The van der Waals surface area contributed by atoms with Crippen molar-refractivity contribution in [3.63, 3.8) is 0 Å². The molecule has 7 heteroatoms. The summed E-state index contributed by atoms with van der Waals surface area (Å²) >= 11 is 6.36. The number of aliphatic hydroxyl groups is 1. The van der Waals surface area contributed by atoms with E-state index in [0.29, 0.717) is 23.9 Å². The fourth-order valence-electron chi connectivity index (χ4n) is 2.10. The second kappa shape index (κ2) is 7.69. The highest BCUT2D eigenvalue weighted by Crippen LogP contribution is 2.23. The standard InChI is InChI=1S/C15H19ClFN3O2/c1-10-14(8-18-7-13(21)9-22-2)15(16)20(19-10)12-5-3-11(17)4-6-12/h3-6,13,18,21H,7-9H2,1-2H3. The fourth-order valence-corrected chi connectivity index (χ4v) is 2.44. The molecule has 1 heterocycles. The molecule has 2 N–H and O–H groups in total. The number of nitrogens with zero attached hydrogens (tertiary/aromatic N) is 2. The van der Waals surface area contributed by atoms with E-state index in [0.717, 1.165) is 11.3 Å². The maximum absolute atomic E-state index is 13.0. The van der Waals surface area contributed by atoms with Gasteiger partial charge in [-0.05, 0) is 31.2 Å². The number of aryl methyl sites for hydroxylation is 1. The molecule has 120 valence electrons. The van der Waals surface area contributed by atoms with Crippen LogP contribution >= 0.6 is 11.6 Å². The summed E-state index contributed by atoms with van der Waals surface area (Å²) in [6.07, 6.45) is -0.573. The molecule has 0 radical (unpaired) electrons. The lowest BCUT2D eigenvalue weighted by atomic mass is 10.2. The maximum Gasteiger partial charge on any atom is 0.137 e. The Bertz CT molecular complexity index is 616. The van der Waals surface area contributed by atoms with Crippen molar-refractivity contribution in [2.75, 3.05) is 20.3 Å². The molecule has 5 nitrogen and oxygen atoms in total. The van der Waals surface area contributed by atoms with Gasteiger partial charge in [-0.2, -0.15) is 5.10 Å². The van der Waals surface area contributed by atoms with Crippen LogP contribution in [0.5, 0.6) is 0 Å². The van der Waals surface area contributed by atoms with E-state index >= 15 is 0 Å². The summed E-state index contributed by atoms with van der Waals surface area (Å²) in [5.41, 5.74) is 2.32. The normalized spacial score (nSPS) is 12.6. The molecule has 2 rings (SSSR count). The van der Waals surface area contributed by atoms with Crippen molar-refractivity contribution in [2.24, 2.45) is 0 Å². The van der Waals surface area contributed by atoms with Crippen LogP contribution < -0.4 is 5.32 Å². The van der Waals surface area contributed by atoms with Crippen molar-refractivity contribution in [2.45, 2.75) is 19.6 Å². The SMILES string of the molecule is COCC(O)CNCc1c(C)nn(-c2ccc(F)cc2)c1Cl. The van der Waals surface area contributed by atoms with Crippen molar-refractivity contribution in [1.29, 1.82) is 0 Å². The van der Waals surface area contributed by atoms with Crippen LogP contribution in [0.2, 0.25) is 5.15 Å². The zero-order chi connectivity index (χ0) is 16.1. The molecule has 0 fully saturated rings. The second-order valence-corrected chi connectivity index (χ2v) is 5.34. The molecule has 0 saturated heterocycles.